The molecule has 1 heteroatoms. The van der Waals surface area contributed by atoms with Gasteiger partial charge in [0.15, 0.2) is 0 Å². The topological polar surface area (TPSA) is 0 Å². The van der Waals surface area contributed by atoms with Gasteiger partial charge in [-0.15, -0.1) is 36.4 Å². The van der Waals surface area contributed by atoms with E-state index in [2.05, 4.69) is 40.7 Å². The molecule has 3 aromatic rings. The van der Waals surface area contributed by atoms with Crippen molar-refractivity contribution in [1.29, 1.82) is 0 Å². The molecule has 0 fully saturated rings. The molecule has 0 N–H and O–H groups in total. The van der Waals surface area contributed by atoms with Crippen LogP contribution in [0.25, 0.3) is 0 Å². The molecule has 0 nitrogen and oxygen atoms in total. The predicted molar refractivity (Wildman–Crippen MR) is 144 cm³/mol. The summed E-state index contributed by atoms with van der Waals surface area (Å²) in [6.07, 6.45) is 10.2. The first kappa shape index (κ1) is 29.5. The van der Waals surface area contributed by atoms with Gasteiger partial charge in [0.2, 0.25) is 0 Å². The first-order chi connectivity index (χ1) is 16.0. The summed E-state index contributed by atoms with van der Waals surface area (Å²) in [5.74, 6) is 0.727. The average Bonchev–Trinajstić information content (AvgIpc) is 3.18. The molecule has 0 spiro atoms. The normalized spacial score (nSPS) is 15.5. The molecule has 0 bridgehead atoms. The summed E-state index contributed by atoms with van der Waals surface area (Å²) in [4.78, 5) is 0. The second kappa shape index (κ2) is 17.0. The van der Waals surface area contributed by atoms with Crippen LogP contribution in [0.5, 0.6) is 0 Å². The molecular formula is C33H38Ti. The van der Waals surface area contributed by atoms with E-state index in [1.165, 1.54) is 32.1 Å². The van der Waals surface area contributed by atoms with Crippen molar-refractivity contribution in [3.05, 3.63) is 151 Å². The first-order valence-electron chi connectivity index (χ1n) is 12.0. The third-order valence-corrected chi connectivity index (χ3v) is 5.78. The third-order valence-electron chi connectivity index (χ3n) is 5.78. The molecule has 2 aliphatic rings. The average molecular weight is 483 g/mol. The number of benzene rings is 3. The van der Waals surface area contributed by atoms with Gasteiger partial charge in [-0.05, 0) is 0 Å². The fourth-order valence-electron chi connectivity index (χ4n) is 3.89. The zero-order chi connectivity index (χ0) is 23.9. The molecule has 34 heavy (non-hydrogen) atoms. The Bertz CT molecular complexity index is 880. The maximum absolute atomic E-state index is 3.72. The number of hydrogen-bond donors (Lipinski definition) is 0. The molecule has 0 saturated carbocycles. The molecule has 1 atom stereocenters. The van der Waals surface area contributed by atoms with Crippen molar-refractivity contribution in [2.24, 2.45) is 5.92 Å². The van der Waals surface area contributed by atoms with Gasteiger partial charge in [0, 0.05) is 0 Å². The van der Waals surface area contributed by atoms with E-state index in [1.54, 1.807) is 16.7 Å². The van der Waals surface area contributed by atoms with Gasteiger partial charge in [0.05, 0.1) is 0 Å². The quantitative estimate of drug-likeness (QED) is 0.239. The Balaban J connectivity index is 0.000000233. The van der Waals surface area contributed by atoms with Crippen LogP contribution in [0.2, 0.25) is 0 Å². The van der Waals surface area contributed by atoms with Crippen LogP contribution < -0.4 is 0 Å². The van der Waals surface area contributed by atoms with E-state index in [-0.39, 0.29) is 21.7 Å². The molecule has 0 radical (unpaired) electrons. The van der Waals surface area contributed by atoms with Crippen LogP contribution in [-0.2, 0) is 21.7 Å². The van der Waals surface area contributed by atoms with Gasteiger partial charge < -0.3 is 0 Å². The third kappa shape index (κ3) is 11.1. The Kier molecular flexibility index (Phi) is 14.7. The van der Waals surface area contributed by atoms with Crippen LogP contribution >= 0.6 is 0 Å². The van der Waals surface area contributed by atoms with Crippen molar-refractivity contribution < 1.29 is 21.7 Å². The van der Waals surface area contributed by atoms with E-state index in [9.17, 15) is 0 Å². The molecule has 0 saturated heterocycles. The Morgan fingerprint density at radius 3 is 1.35 bits per heavy atom. The maximum atomic E-state index is 3.72. The second-order valence-corrected chi connectivity index (χ2v) is 8.39. The number of hydrogen-bond acceptors (Lipinski definition) is 0. The van der Waals surface area contributed by atoms with Crippen LogP contribution in [0.1, 0.15) is 62.6 Å². The standard InChI is InChI=1S/C12H17.3C7H7.Ti/c1-3-10-8-11-6-4-5-7-12(11)9(10)2;3*1-7-5-3-2-4-6-7;/h9H,3-7H2,1-2H3;3*2-6H,1H2;/q4*-1;+4. The largest absolute Gasteiger partial charge is 4.00 e. The van der Waals surface area contributed by atoms with Gasteiger partial charge >= 0.3 is 21.7 Å². The van der Waals surface area contributed by atoms with Crippen LogP contribution in [0.15, 0.2) is 108 Å². The zero-order valence-electron chi connectivity index (χ0n) is 20.9. The van der Waals surface area contributed by atoms with Crippen LogP contribution in [0.3, 0.4) is 0 Å². The molecule has 3 aromatic carbocycles. The summed E-state index contributed by atoms with van der Waals surface area (Å²) in [6.45, 7) is 15.8. The Hall–Kier alpha value is -2.54. The summed E-state index contributed by atoms with van der Waals surface area (Å²) >= 11 is 0. The molecule has 2 aliphatic carbocycles. The molecule has 0 aliphatic heterocycles. The van der Waals surface area contributed by atoms with E-state index < -0.39 is 0 Å². The van der Waals surface area contributed by atoms with E-state index in [0.29, 0.717) is 0 Å². The summed E-state index contributed by atoms with van der Waals surface area (Å²) in [6, 6.07) is 29.6. The first-order valence-corrected chi connectivity index (χ1v) is 12.0. The fraction of sp³-hybridized carbons (Fsp3) is 0.242. The van der Waals surface area contributed by atoms with Crippen LogP contribution in [-0.4, -0.2) is 0 Å². The maximum Gasteiger partial charge on any atom is 4.00 e. The van der Waals surface area contributed by atoms with Gasteiger partial charge in [0.25, 0.3) is 0 Å². The van der Waals surface area contributed by atoms with Crippen LogP contribution in [0.4, 0.5) is 0 Å². The van der Waals surface area contributed by atoms with Crippen molar-refractivity contribution in [3.8, 4) is 0 Å². The van der Waals surface area contributed by atoms with Crippen molar-refractivity contribution in [2.45, 2.75) is 46.0 Å². The minimum Gasteiger partial charge on any atom is -0.249 e. The summed E-state index contributed by atoms with van der Waals surface area (Å²) in [7, 11) is 0. The van der Waals surface area contributed by atoms with E-state index >= 15 is 0 Å². The predicted octanol–water partition coefficient (Wildman–Crippen LogP) is 9.25. The Labute approximate surface area is 224 Å². The molecule has 174 valence electrons. The van der Waals surface area contributed by atoms with Gasteiger partial charge in [-0.1, -0.05) is 70.1 Å². The van der Waals surface area contributed by atoms with Crippen molar-refractivity contribution in [1.82, 2.24) is 0 Å². The smallest absolute Gasteiger partial charge is 0.249 e. The number of allylic oxidation sites excluding steroid dienone is 4. The fourth-order valence-corrected chi connectivity index (χ4v) is 3.89. The van der Waals surface area contributed by atoms with Gasteiger partial charge in [-0.2, -0.15) is 79.4 Å². The van der Waals surface area contributed by atoms with E-state index in [4.69, 9.17) is 0 Å². The monoisotopic (exact) mass is 482 g/mol. The Morgan fingerprint density at radius 2 is 1.06 bits per heavy atom. The SMILES string of the molecule is CCC1=[C-]C2=C(CCCC2)C1C.[CH2-]c1ccccc1.[CH2-]c1ccccc1.[CH2-]c1ccccc1.[Ti+4]. The zero-order valence-corrected chi connectivity index (χ0v) is 22.5. The molecule has 0 heterocycles. The molecule has 0 amide bonds. The van der Waals surface area contributed by atoms with Gasteiger partial charge in [-0.25, -0.2) is 17.2 Å². The van der Waals surface area contributed by atoms with Crippen LogP contribution in [0, 0.1) is 32.8 Å². The van der Waals surface area contributed by atoms with Crippen molar-refractivity contribution in [2.75, 3.05) is 0 Å². The Morgan fingerprint density at radius 1 is 0.676 bits per heavy atom. The molecule has 5 rings (SSSR count). The summed E-state index contributed by atoms with van der Waals surface area (Å²) in [5.41, 5.74) is 8.03. The van der Waals surface area contributed by atoms with Gasteiger partial charge in [-0.3, -0.25) is 0 Å². The summed E-state index contributed by atoms with van der Waals surface area (Å²) < 4.78 is 0. The minimum absolute atomic E-state index is 0. The van der Waals surface area contributed by atoms with E-state index in [0.717, 1.165) is 22.6 Å². The minimum atomic E-state index is 0. The molecule has 0 aromatic heterocycles. The number of rotatable bonds is 1. The second-order valence-electron chi connectivity index (χ2n) is 8.39. The summed E-state index contributed by atoms with van der Waals surface area (Å²) in [5, 5.41) is 0. The van der Waals surface area contributed by atoms with Crippen molar-refractivity contribution >= 4 is 0 Å². The molecular weight excluding hydrogens is 444 g/mol. The molecule has 1 unspecified atom stereocenters. The van der Waals surface area contributed by atoms with E-state index in [1.807, 2.05) is 91.0 Å². The van der Waals surface area contributed by atoms with Crippen molar-refractivity contribution in [3.63, 3.8) is 0 Å². The van der Waals surface area contributed by atoms with Gasteiger partial charge in [0.1, 0.15) is 0 Å².